The number of hydrogen-bond donors (Lipinski definition) is 4. The molecule has 1 atom stereocenters. The molecule has 0 fully saturated rings. The molecule has 200 valence electrons. The number of ether oxygens (including phenoxy) is 2. The van der Waals surface area contributed by atoms with E-state index in [9.17, 15) is 14.4 Å². The summed E-state index contributed by atoms with van der Waals surface area (Å²) in [5.41, 5.74) is 3.98. The Labute approximate surface area is 225 Å². The van der Waals surface area contributed by atoms with Gasteiger partial charge >= 0.3 is 5.97 Å². The van der Waals surface area contributed by atoms with Gasteiger partial charge in [0.25, 0.3) is 11.8 Å². The van der Waals surface area contributed by atoms with E-state index in [4.69, 9.17) is 4.74 Å². The van der Waals surface area contributed by atoms with Crippen molar-refractivity contribution in [2.45, 2.75) is 31.8 Å². The third-order valence-electron chi connectivity index (χ3n) is 6.16. The molecule has 4 rings (SSSR count). The van der Waals surface area contributed by atoms with Crippen molar-refractivity contribution >= 4 is 45.6 Å². The molecule has 1 aliphatic rings. The number of benzene rings is 2. The smallest absolute Gasteiger partial charge is 0.328 e. The second-order valence-electron chi connectivity index (χ2n) is 8.90. The molecule has 0 radical (unpaired) electrons. The quantitative estimate of drug-likeness (QED) is 0.216. The van der Waals surface area contributed by atoms with Gasteiger partial charge in [-0.1, -0.05) is 35.6 Å². The van der Waals surface area contributed by atoms with E-state index in [1.54, 1.807) is 25.3 Å². The number of carbonyl (C=O) groups excluding carboxylic acids is 3. The molecule has 3 aromatic rings. The highest BCUT2D eigenvalue weighted by molar-refractivity contribution is 7.17. The van der Waals surface area contributed by atoms with Gasteiger partial charge in [0.05, 0.1) is 31.3 Å². The highest BCUT2D eigenvalue weighted by atomic mass is 32.1. The number of nitrogens with zero attached hydrogens (tertiary/aromatic N) is 1. The normalized spacial score (nSPS) is 13.3. The lowest BCUT2D eigenvalue weighted by Gasteiger charge is -2.16. The summed E-state index contributed by atoms with van der Waals surface area (Å²) in [6.07, 6.45) is 3.37. The number of fused-ring (bicyclic) bond motifs is 1. The van der Waals surface area contributed by atoms with E-state index >= 15 is 0 Å². The Hall–Kier alpha value is -3.96. The molecule has 10 nitrogen and oxygen atoms in total. The van der Waals surface area contributed by atoms with Gasteiger partial charge in [0.15, 0.2) is 5.13 Å². The molecule has 38 heavy (non-hydrogen) atoms. The third kappa shape index (κ3) is 6.67. The number of carbonyl (C=O) groups is 3. The van der Waals surface area contributed by atoms with Crippen LogP contribution in [0.5, 0.6) is 0 Å². The first-order valence-electron chi connectivity index (χ1n) is 12.2. The summed E-state index contributed by atoms with van der Waals surface area (Å²) < 4.78 is 9.76. The molecule has 2 amide bonds. The second kappa shape index (κ2) is 12.5. The Morgan fingerprint density at radius 1 is 1.05 bits per heavy atom. The molecule has 0 bridgehead atoms. The molecule has 0 spiro atoms. The van der Waals surface area contributed by atoms with Crippen LogP contribution in [0.4, 0.5) is 16.5 Å². The molecule has 1 heterocycles. The summed E-state index contributed by atoms with van der Waals surface area (Å²) in [7, 11) is 2.85. The van der Waals surface area contributed by atoms with Crippen LogP contribution in [0.15, 0.2) is 48.7 Å². The average Bonchev–Trinajstić information content (AvgIpc) is 3.55. The lowest BCUT2D eigenvalue weighted by molar-refractivity contribution is -0.142. The van der Waals surface area contributed by atoms with E-state index in [1.807, 2.05) is 12.1 Å². The maximum atomic E-state index is 13.1. The van der Waals surface area contributed by atoms with Gasteiger partial charge in [-0.3, -0.25) is 9.59 Å². The summed E-state index contributed by atoms with van der Waals surface area (Å²) in [6, 6.07) is 12.6. The Kier molecular flexibility index (Phi) is 8.93. The van der Waals surface area contributed by atoms with Crippen molar-refractivity contribution in [1.29, 1.82) is 0 Å². The molecule has 4 N–H and O–H groups in total. The summed E-state index contributed by atoms with van der Waals surface area (Å²) in [4.78, 5) is 42.4. The largest absolute Gasteiger partial charge is 0.467 e. The van der Waals surface area contributed by atoms with Crippen molar-refractivity contribution in [2.24, 2.45) is 0 Å². The van der Waals surface area contributed by atoms with Gasteiger partial charge in [0, 0.05) is 25.3 Å². The van der Waals surface area contributed by atoms with Crippen molar-refractivity contribution in [2.75, 3.05) is 43.3 Å². The van der Waals surface area contributed by atoms with E-state index in [2.05, 4.69) is 43.1 Å². The maximum Gasteiger partial charge on any atom is 0.328 e. The summed E-state index contributed by atoms with van der Waals surface area (Å²) in [5, 5.41) is 12.8. The van der Waals surface area contributed by atoms with Gasteiger partial charge in [0.1, 0.15) is 10.9 Å². The zero-order valence-electron chi connectivity index (χ0n) is 21.5. The maximum absolute atomic E-state index is 13.1. The van der Waals surface area contributed by atoms with E-state index in [-0.39, 0.29) is 17.5 Å². The van der Waals surface area contributed by atoms with Crippen molar-refractivity contribution < 1.29 is 23.9 Å². The van der Waals surface area contributed by atoms with Crippen LogP contribution in [0.2, 0.25) is 0 Å². The minimum Gasteiger partial charge on any atom is -0.467 e. The molecular weight excluding hydrogens is 506 g/mol. The predicted molar refractivity (Wildman–Crippen MR) is 147 cm³/mol. The number of amides is 2. The molecule has 0 unspecified atom stereocenters. The summed E-state index contributed by atoms with van der Waals surface area (Å²) in [5.74, 6) is -1.37. The minimum atomic E-state index is -0.819. The van der Waals surface area contributed by atoms with Crippen molar-refractivity contribution in [3.63, 3.8) is 0 Å². The third-order valence-corrected chi connectivity index (χ3v) is 7.09. The fraction of sp³-hybridized carbons (Fsp3) is 0.333. The zero-order valence-corrected chi connectivity index (χ0v) is 22.3. The molecule has 1 aromatic heterocycles. The highest BCUT2D eigenvalue weighted by Crippen LogP contribution is 2.28. The Balaban J connectivity index is 1.45. The number of thiazole rings is 1. The fourth-order valence-corrected chi connectivity index (χ4v) is 5.00. The molecule has 0 saturated heterocycles. The van der Waals surface area contributed by atoms with Crippen LogP contribution in [0.1, 0.15) is 38.1 Å². The van der Waals surface area contributed by atoms with Crippen molar-refractivity contribution in [3.8, 4) is 0 Å². The Morgan fingerprint density at radius 2 is 1.79 bits per heavy atom. The Bertz CT molecular complexity index is 1290. The lowest BCUT2D eigenvalue weighted by Crippen LogP contribution is -2.39. The van der Waals surface area contributed by atoms with Crippen LogP contribution < -0.4 is 21.3 Å². The van der Waals surface area contributed by atoms with Crippen LogP contribution in [-0.2, 0) is 27.1 Å². The predicted octanol–water partition coefficient (Wildman–Crippen LogP) is 3.32. The van der Waals surface area contributed by atoms with Gasteiger partial charge in [-0.25, -0.2) is 9.78 Å². The minimum absolute atomic E-state index is 0.230. The van der Waals surface area contributed by atoms with Crippen LogP contribution in [0.25, 0.3) is 0 Å². The first kappa shape index (κ1) is 27.1. The molecule has 2 aromatic carbocycles. The molecular formula is C27H31N5O5S. The fourth-order valence-electron chi connectivity index (χ4n) is 4.21. The first-order chi connectivity index (χ1) is 18.4. The van der Waals surface area contributed by atoms with Crippen LogP contribution in [0.3, 0.4) is 0 Å². The molecule has 0 saturated carbocycles. The van der Waals surface area contributed by atoms with Gasteiger partial charge in [-0.2, -0.15) is 0 Å². The van der Waals surface area contributed by atoms with Crippen LogP contribution >= 0.6 is 11.3 Å². The number of methoxy groups -OCH3 is 2. The highest BCUT2D eigenvalue weighted by Gasteiger charge is 2.23. The second-order valence-corrected chi connectivity index (χ2v) is 9.93. The molecule has 11 heteroatoms. The van der Waals surface area contributed by atoms with E-state index < -0.39 is 17.9 Å². The number of rotatable bonds is 11. The van der Waals surface area contributed by atoms with Gasteiger partial charge in [-0.05, 0) is 49.1 Å². The van der Waals surface area contributed by atoms with Crippen molar-refractivity contribution in [1.82, 2.24) is 10.3 Å². The van der Waals surface area contributed by atoms with E-state index in [0.717, 1.165) is 12.8 Å². The number of aromatic nitrogens is 1. The topological polar surface area (TPSA) is 131 Å². The van der Waals surface area contributed by atoms with Crippen LogP contribution in [-0.4, -0.2) is 62.2 Å². The average molecular weight is 538 g/mol. The monoisotopic (exact) mass is 537 g/mol. The van der Waals surface area contributed by atoms with Crippen molar-refractivity contribution in [3.05, 3.63) is 70.2 Å². The van der Waals surface area contributed by atoms with Gasteiger partial charge in [-0.15, -0.1) is 0 Å². The summed E-state index contributed by atoms with van der Waals surface area (Å²) in [6.45, 7) is 2.50. The number of hydrogen-bond acceptors (Lipinski definition) is 9. The molecule has 0 aliphatic heterocycles. The zero-order chi connectivity index (χ0) is 27.1. The van der Waals surface area contributed by atoms with E-state index in [0.29, 0.717) is 34.5 Å². The first-order valence-corrected chi connectivity index (χ1v) is 13.1. The van der Waals surface area contributed by atoms with E-state index in [1.165, 1.54) is 42.7 Å². The molecule has 1 aliphatic carbocycles. The number of anilines is 3. The Morgan fingerprint density at radius 3 is 2.47 bits per heavy atom. The number of nitrogens with one attached hydrogen (secondary N) is 4. The summed E-state index contributed by atoms with van der Waals surface area (Å²) >= 11 is 1.27. The van der Waals surface area contributed by atoms with Gasteiger partial charge < -0.3 is 30.7 Å². The van der Waals surface area contributed by atoms with Gasteiger partial charge in [0.2, 0.25) is 0 Å². The lowest BCUT2D eigenvalue weighted by atomic mass is 10.1. The standard InChI is InChI=1S/C27H31N5O5S/c1-16(26(35)37-3)30-24(33)19-8-9-21(28-10-11-36-2)22(14-19)32-25(34)23-15-29-27(38-23)31-20-12-17-6-4-5-7-18(17)13-20/h4-9,14-16,20,28H,10-13H2,1-3H3,(H,29,31)(H,30,33)(H,32,34)/t16-/m0/s1. The van der Waals surface area contributed by atoms with Crippen LogP contribution in [0, 0.1) is 0 Å². The number of esters is 1. The SMILES string of the molecule is COCCNc1ccc(C(=O)N[C@@H](C)C(=O)OC)cc1NC(=O)c1cnc(NC2Cc3ccccc3C2)s1.